The highest BCUT2D eigenvalue weighted by Gasteiger charge is 1.96. The Morgan fingerprint density at radius 2 is 1.74 bits per heavy atom. The minimum Gasteiger partial charge on any atom is -0.508 e. The molecule has 2 rings (SSSR count). The standard InChI is InChI=1S/C16H18N2O/c1-13(17-18-15-5-3-2-4-6-15)7-8-14-9-11-16(19)12-10-14/h2-6,9-12,18-19H,7-8H2,1H3/b17-13-. The van der Waals surface area contributed by atoms with Gasteiger partial charge in [-0.05, 0) is 49.6 Å². The number of aryl methyl sites for hydroxylation is 1. The van der Waals surface area contributed by atoms with E-state index in [0.29, 0.717) is 5.75 Å². The molecule has 2 aromatic carbocycles. The van der Waals surface area contributed by atoms with Crippen LogP contribution >= 0.6 is 0 Å². The van der Waals surface area contributed by atoms with Gasteiger partial charge in [0, 0.05) is 5.71 Å². The number of nitrogens with zero attached hydrogens (tertiary/aromatic N) is 1. The molecule has 0 aromatic heterocycles. The van der Waals surface area contributed by atoms with Gasteiger partial charge in [0.1, 0.15) is 5.75 Å². The van der Waals surface area contributed by atoms with E-state index in [0.717, 1.165) is 24.2 Å². The minimum atomic E-state index is 0.305. The zero-order valence-electron chi connectivity index (χ0n) is 11.0. The number of benzene rings is 2. The first-order chi connectivity index (χ1) is 9.24. The smallest absolute Gasteiger partial charge is 0.115 e. The van der Waals surface area contributed by atoms with Crippen LogP contribution in [0, 0.1) is 0 Å². The summed E-state index contributed by atoms with van der Waals surface area (Å²) < 4.78 is 0. The maximum Gasteiger partial charge on any atom is 0.115 e. The molecule has 98 valence electrons. The topological polar surface area (TPSA) is 44.6 Å². The second-order valence-electron chi connectivity index (χ2n) is 4.49. The van der Waals surface area contributed by atoms with Crippen molar-refractivity contribution >= 4 is 11.4 Å². The summed E-state index contributed by atoms with van der Waals surface area (Å²) >= 11 is 0. The Morgan fingerprint density at radius 1 is 1.05 bits per heavy atom. The highest BCUT2D eigenvalue weighted by atomic mass is 16.3. The van der Waals surface area contributed by atoms with Crippen molar-refractivity contribution in [1.29, 1.82) is 0 Å². The molecule has 3 nitrogen and oxygen atoms in total. The van der Waals surface area contributed by atoms with E-state index >= 15 is 0 Å². The van der Waals surface area contributed by atoms with Crippen LogP contribution in [0.25, 0.3) is 0 Å². The van der Waals surface area contributed by atoms with Crippen molar-refractivity contribution in [2.45, 2.75) is 19.8 Å². The first-order valence-electron chi connectivity index (χ1n) is 6.36. The van der Waals surface area contributed by atoms with E-state index in [9.17, 15) is 5.11 Å². The molecular weight excluding hydrogens is 236 g/mol. The number of rotatable bonds is 5. The summed E-state index contributed by atoms with van der Waals surface area (Å²) in [5.74, 6) is 0.305. The predicted molar refractivity (Wildman–Crippen MR) is 79.6 cm³/mol. The lowest BCUT2D eigenvalue weighted by Gasteiger charge is -2.04. The third-order valence-corrected chi connectivity index (χ3v) is 2.86. The molecule has 19 heavy (non-hydrogen) atoms. The maximum atomic E-state index is 9.21. The van der Waals surface area contributed by atoms with Gasteiger partial charge in [-0.2, -0.15) is 5.10 Å². The van der Waals surface area contributed by atoms with Gasteiger partial charge in [-0.25, -0.2) is 0 Å². The van der Waals surface area contributed by atoms with E-state index in [-0.39, 0.29) is 0 Å². The highest BCUT2D eigenvalue weighted by Crippen LogP contribution is 2.11. The van der Waals surface area contributed by atoms with E-state index in [1.165, 1.54) is 5.56 Å². The first kappa shape index (κ1) is 13.1. The van der Waals surface area contributed by atoms with E-state index in [1.807, 2.05) is 49.4 Å². The van der Waals surface area contributed by atoms with Gasteiger partial charge in [-0.3, -0.25) is 5.43 Å². The SMILES string of the molecule is C/C(CCc1ccc(O)cc1)=N/Nc1ccccc1. The lowest BCUT2D eigenvalue weighted by Crippen LogP contribution is -1.99. The molecule has 0 fully saturated rings. The number of para-hydroxylation sites is 1. The zero-order chi connectivity index (χ0) is 13.5. The van der Waals surface area contributed by atoms with Crippen LogP contribution in [0.1, 0.15) is 18.9 Å². The summed E-state index contributed by atoms with van der Waals surface area (Å²) in [4.78, 5) is 0. The van der Waals surface area contributed by atoms with Crippen molar-refractivity contribution in [3.05, 3.63) is 60.2 Å². The lowest BCUT2D eigenvalue weighted by molar-refractivity contribution is 0.475. The van der Waals surface area contributed by atoms with Crippen molar-refractivity contribution in [1.82, 2.24) is 0 Å². The fourth-order valence-electron chi connectivity index (χ4n) is 1.72. The molecule has 0 atom stereocenters. The highest BCUT2D eigenvalue weighted by molar-refractivity contribution is 5.82. The molecule has 0 aliphatic rings. The average molecular weight is 254 g/mol. The summed E-state index contributed by atoms with van der Waals surface area (Å²) in [6.07, 6.45) is 1.82. The lowest BCUT2D eigenvalue weighted by atomic mass is 10.1. The first-order valence-corrected chi connectivity index (χ1v) is 6.36. The third kappa shape index (κ3) is 4.47. The molecule has 0 unspecified atom stereocenters. The largest absolute Gasteiger partial charge is 0.508 e. The molecule has 0 heterocycles. The molecule has 0 saturated heterocycles. The fraction of sp³-hybridized carbons (Fsp3) is 0.188. The molecule has 0 aliphatic heterocycles. The summed E-state index contributed by atoms with van der Waals surface area (Å²) in [6.45, 7) is 2.01. The Kier molecular flexibility index (Phi) is 4.56. The summed E-state index contributed by atoms with van der Waals surface area (Å²) in [5.41, 5.74) is 6.28. The van der Waals surface area contributed by atoms with E-state index in [4.69, 9.17) is 0 Å². The Labute approximate surface area is 113 Å². The Balaban J connectivity index is 1.84. The van der Waals surface area contributed by atoms with Crippen molar-refractivity contribution in [2.75, 3.05) is 5.43 Å². The van der Waals surface area contributed by atoms with Crippen LogP contribution in [0.4, 0.5) is 5.69 Å². The number of anilines is 1. The third-order valence-electron chi connectivity index (χ3n) is 2.86. The van der Waals surface area contributed by atoms with E-state index in [1.54, 1.807) is 12.1 Å². The molecule has 2 aromatic rings. The number of phenols is 1. The molecule has 0 spiro atoms. The van der Waals surface area contributed by atoms with Crippen molar-refractivity contribution < 1.29 is 5.11 Å². The van der Waals surface area contributed by atoms with E-state index in [2.05, 4.69) is 10.5 Å². The van der Waals surface area contributed by atoms with Crippen molar-refractivity contribution in [3.63, 3.8) is 0 Å². The van der Waals surface area contributed by atoms with Gasteiger partial charge in [0.2, 0.25) is 0 Å². The van der Waals surface area contributed by atoms with Gasteiger partial charge >= 0.3 is 0 Å². The van der Waals surface area contributed by atoms with Gasteiger partial charge in [0.15, 0.2) is 0 Å². The second-order valence-corrected chi connectivity index (χ2v) is 4.49. The van der Waals surface area contributed by atoms with Crippen molar-refractivity contribution in [3.8, 4) is 5.75 Å². The van der Waals surface area contributed by atoms with Crippen LogP contribution in [0.5, 0.6) is 5.75 Å². The molecule has 0 bridgehead atoms. The van der Waals surface area contributed by atoms with Crippen LogP contribution < -0.4 is 5.43 Å². The molecule has 2 N–H and O–H groups in total. The quantitative estimate of drug-likeness (QED) is 0.629. The van der Waals surface area contributed by atoms with Crippen molar-refractivity contribution in [2.24, 2.45) is 5.10 Å². The molecule has 0 saturated carbocycles. The second kappa shape index (κ2) is 6.59. The fourth-order valence-corrected chi connectivity index (χ4v) is 1.72. The average Bonchev–Trinajstić information content (AvgIpc) is 2.45. The molecule has 0 radical (unpaired) electrons. The number of phenolic OH excluding ortho intramolecular Hbond substituents is 1. The van der Waals surface area contributed by atoms with Gasteiger partial charge in [-0.15, -0.1) is 0 Å². The summed E-state index contributed by atoms with van der Waals surface area (Å²) in [5, 5.41) is 13.6. The van der Waals surface area contributed by atoms with Gasteiger partial charge in [0.05, 0.1) is 5.69 Å². The van der Waals surface area contributed by atoms with Crippen LogP contribution in [-0.2, 0) is 6.42 Å². The monoisotopic (exact) mass is 254 g/mol. The van der Waals surface area contributed by atoms with E-state index < -0.39 is 0 Å². The normalized spacial score (nSPS) is 11.3. The molecular formula is C16H18N2O. The number of nitrogens with one attached hydrogen (secondary N) is 1. The Hall–Kier alpha value is -2.29. The predicted octanol–water partition coefficient (Wildman–Crippen LogP) is 3.81. The Morgan fingerprint density at radius 3 is 2.42 bits per heavy atom. The van der Waals surface area contributed by atoms with Gasteiger partial charge in [0.25, 0.3) is 0 Å². The molecule has 3 heteroatoms. The van der Waals surface area contributed by atoms with Crippen LogP contribution in [0.15, 0.2) is 59.7 Å². The number of hydrogen-bond donors (Lipinski definition) is 2. The number of hydrazone groups is 1. The minimum absolute atomic E-state index is 0.305. The molecule has 0 amide bonds. The summed E-state index contributed by atoms with van der Waals surface area (Å²) in [6, 6.07) is 17.2. The van der Waals surface area contributed by atoms with Gasteiger partial charge in [-0.1, -0.05) is 30.3 Å². The zero-order valence-corrected chi connectivity index (χ0v) is 11.0. The Bertz CT molecular complexity index is 532. The maximum absolute atomic E-state index is 9.21. The number of aromatic hydroxyl groups is 1. The molecule has 0 aliphatic carbocycles. The summed E-state index contributed by atoms with van der Waals surface area (Å²) in [7, 11) is 0. The van der Waals surface area contributed by atoms with Crippen LogP contribution in [0.3, 0.4) is 0 Å². The van der Waals surface area contributed by atoms with Crippen LogP contribution in [0.2, 0.25) is 0 Å². The number of hydrogen-bond acceptors (Lipinski definition) is 3. The van der Waals surface area contributed by atoms with Crippen LogP contribution in [-0.4, -0.2) is 10.8 Å². The van der Waals surface area contributed by atoms with Gasteiger partial charge < -0.3 is 5.11 Å².